The standard InChI is InChI=1S/C18H20N2O5/c1-11-8-20(18(24)19-16(11)22)15-7-13(9-21)14(15)10-25-17(23)12-5-3-2-4-6-12/h2-6,8,13-15,21H,7,9-10H2,1H3,(H,19,22,24)/t13-,14-,15-/m0/s1. The van der Waals surface area contributed by atoms with Crippen LogP contribution in [0.25, 0.3) is 0 Å². The van der Waals surface area contributed by atoms with Crippen LogP contribution in [0.5, 0.6) is 0 Å². The van der Waals surface area contributed by atoms with Crippen molar-refractivity contribution in [2.75, 3.05) is 13.2 Å². The summed E-state index contributed by atoms with van der Waals surface area (Å²) in [6.45, 7) is 1.69. The lowest BCUT2D eigenvalue weighted by Crippen LogP contribution is -2.48. The highest BCUT2D eigenvalue weighted by atomic mass is 16.5. The van der Waals surface area contributed by atoms with Crippen molar-refractivity contribution in [3.05, 3.63) is 68.5 Å². The molecule has 0 amide bonds. The number of hydrogen-bond donors (Lipinski definition) is 2. The Kier molecular flexibility index (Phi) is 4.85. The van der Waals surface area contributed by atoms with Crippen LogP contribution in [0, 0.1) is 18.8 Å². The van der Waals surface area contributed by atoms with E-state index in [0.29, 0.717) is 17.5 Å². The molecule has 3 atom stereocenters. The Balaban J connectivity index is 1.74. The summed E-state index contributed by atoms with van der Waals surface area (Å²) in [6, 6.07) is 8.43. The highest BCUT2D eigenvalue weighted by Crippen LogP contribution is 2.43. The number of H-pyrrole nitrogens is 1. The lowest BCUT2D eigenvalue weighted by atomic mass is 9.69. The van der Waals surface area contributed by atoms with Crippen LogP contribution in [0.3, 0.4) is 0 Å². The number of nitrogens with one attached hydrogen (secondary N) is 1. The quantitative estimate of drug-likeness (QED) is 0.784. The van der Waals surface area contributed by atoms with Crippen LogP contribution < -0.4 is 11.2 Å². The third-order valence-electron chi connectivity index (χ3n) is 4.80. The van der Waals surface area contributed by atoms with Gasteiger partial charge >= 0.3 is 11.7 Å². The molecule has 3 rings (SSSR count). The van der Waals surface area contributed by atoms with Gasteiger partial charge in [0.2, 0.25) is 0 Å². The minimum atomic E-state index is -0.489. The lowest BCUT2D eigenvalue weighted by molar-refractivity contribution is -0.0240. The van der Waals surface area contributed by atoms with Crippen molar-refractivity contribution in [3.63, 3.8) is 0 Å². The summed E-state index contributed by atoms with van der Waals surface area (Å²) in [5, 5.41) is 9.49. The molecular formula is C18H20N2O5. The van der Waals surface area contributed by atoms with Gasteiger partial charge in [0, 0.05) is 30.3 Å². The summed E-state index contributed by atoms with van der Waals surface area (Å²) >= 11 is 0. The van der Waals surface area contributed by atoms with Crippen molar-refractivity contribution in [2.24, 2.45) is 11.8 Å². The number of aliphatic hydroxyl groups is 1. The minimum absolute atomic E-state index is 0.0405. The van der Waals surface area contributed by atoms with Crippen LogP contribution in [0.2, 0.25) is 0 Å². The maximum atomic E-state index is 12.1. The van der Waals surface area contributed by atoms with Gasteiger partial charge in [0.25, 0.3) is 5.56 Å². The SMILES string of the molecule is Cc1cn([C@H]2C[C@@H](CO)[C@@H]2COC(=O)c2ccccc2)c(=O)[nH]c1=O. The van der Waals surface area contributed by atoms with Gasteiger partial charge in [-0.2, -0.15) is 0 Å². The van der Waals surface area contributed by atoms with E-state index >= 15 is 0 Å². The van der Waals surface area contributed by atoms with Crippen molar-refractivity contribution in [1.82, 2.24) is 9.55 Å². The van der Waals surface area contributed by atoms with Crippen LogP contribution in [-0.2, 0) is 4.74 Å². The highest BCUT2D eigenvalue weighted by molar-refractivity contribution is 5.89. The Labute approximate surface area is 143 Å². The number of ether oxygens (including phenoxy) is 1. The van der Waals surface area contributed by atoms with Crippen LogP contribution in [0.15, 0.2) is 46.1 Å². The number of aromatic amines is 1. The average Bonchev–Trinajstić information content (AvgIpc) is 2.59. The zero-order valence-electron chi connectivity index (χ0n) is 13.8. The van der Waals surface area contributed by atoms with Crippen LogP contribution >= 0.6 is 0 Å². The number of benzene rings is 1. The molecule has 0 radical (unpaired) electrons. The predicted octanol–water partition coefficient (Wildman–Crippen LogP) is 0.872. The molecule has 2 aromatic rings. The van der Waals surface area contributed by atoms with Crippen molar-refractivity contribution >= 4 is 5.97 Å². The average molecular weight is 344 g/mol. The van der Waals surface area contributed by atoms with E-state index in [-0.39, 0.29) is 31.1 Å². The second kappa shape index (κ2) is 7.06. The maximum absolute atomic E-state index is 12.1. The van der Waals surface area contributed by atoms with Crippen LogP contribution in [0.1, 0.15) is 28.4 Å². The fourth-order valence-corrected chi connectivity index (χ4v) is 3.22. The number of hydrogen-bond acceptors (Lipinski definition) is 5. The Morgan fingerprint density at radius 1 is 1.32 bits per heavy atom. The molecule has 1 heterocycles. The van der Waals surface area contributed by atoms with E-state index in [1.54, 1.807) is 31.2 Å². The third kappa shape index (κ3) is 3.41. The molecule has 0 bridgehead atoms. The zero-order valence-corrected chi connectivity index (χ0v) is 13.8. The van der Waals surface area contributed by atoms with E-state index in [1.807, 2.05) is 6.07 Å². The van der Waals surface area contributed by atoms with E-state index in [4.69, 9.17) is 4.74 Å². The van der Waals surface area contributed by atoms with Gasteiger partial charge in [0.1, 0.15) is 0 Å². The molecule has 0 saturated heterocycles. The number of rotatable bonds is 5. The van der Waals surface area contributed by atoms with Gasteiger partial charge in [-0.1, -0.05) is 18.2 Å². The molecule has 1 aromatic heterocycles. The van der Waals surface area contributed by atoms with Gasteiger partial charge in [-0.25, -0.2) is 9.59 Å². The normalized spacial score (nSPS) is 22.2. The fraction of sp³-hybridized carbons (Fsp3) is 0.389. The number of carbonyl (C=O) groups is 1. The first-order chi connectivity index (χ1) is 12.0. The molecule has 0 aliphatic heterocycles. The molecule has 1 aliphatic rings. The van der Waals surface area contributed by atoms with Gasteiger partial charge in [-0.3, -0.25) is 14.3 Å². The molecule has 0 unspecified atom stereocenters. The Morgan fingerprint density at radius 2 is 2.04 bits per heavy atom. The number of nitrogens with zero attached hydrogens (tertiary/aromatic N) is 1. The summed E-state index contributed by atoms with van der Waals surface area (Å²) in [5.41, 5.74) is -0.00855. The van der Waals surface area contributed by atoms with Crippen LogP contribution in [-0.4, -0.2) is 33.8 Å². The summed E-state index contributed by atoms with van der Waals surface area (Å²) in [6.07, 6.45) is 2.11. The van der Waals surface area contributed by atoms with Gasteiger partial charge in [-0.15, -0.1) is 0 Å². The second-order valence-electron chi connectivity index (χ2n) is 6.35. The van der Waals surface area contributed by atoms with E-state index in [9.17, 15) is 19.5 Å². The summed E-state index contributed by atoms with van der Waals surface area (Å²) < 4.78 is 6.83. The van der Waals surface area contributed by atoms with Gasteiger partial charge in [0.05, 0.1) is 12.2 Å². The Hall–Kier alpha value is -2.67. The molecule has 132 valence electrons. The summed E-state index contributed by atoms with van der Waals surface area (Å²) in [4.78, 5) is 38.0. The second-order valence-corrected chi connectivity index (χ2v) is 6.35. The van der Waals surface area contributed by atoms with Crippen molar-refractivity contribution in [1.29, 1.82) is 0 Å². The minimum Gasteiger partial charge on any atom is -0.462 e. The van der Waals surface area contributed by atoms with Gasteiger partial charge in [0.15, 0.2) is 0 Å². The summed E-state index contributed by atoms with van der Waals surface area (Å²) in [5.74, 6) is -0.665. The molecule has 7 heteroatoms. The predicted molar refractivity (Wildman–Crippen MR) is 90.5 cm³/mol. The van der Waals surface area contributed by atoms with Gasteiger partial charge < -0.3 is 9.84 Å². The largest absolute Gasteiger partial charge is 0.462 e. The molecule has 1 saturated carbocycles. The molecule has 25 heavy (non-hydrogen) atoms. The van der Waals surface area contributed by atoms with Crippen molar-refractivity contribution in [3.8, 4) is 0 Å². The van der Waals surface area contributed by atoms with Crippen molar-refractivity contribution < 1.29 is 14.6 Å². The number of aromatic nitrogens is 2. The molecule has 1 fully saturated rings. The van der Waals surface area contributed by atoms with Crippen LogP contribution in [0.4, 0.5) is 0 Å². The van der Waals surface area contributed by atoms with Gasteiger partial charge in [-0.05, 0) is 31.4 Å². The zero-order chi connectivity index (χ0) is 18.0. The van der Waals surface area contributed by atoms with E-state index in [2.05, 4.69) is 4.98 Å². The first-order valence-electron chi connectivity index (χ1n) is 8.16. The number of aliphatic hydroxyl groups excluding tert-OH is 1. The highest BCUT2D eigenvalue weighted by Gasteiger charge is 2.43. The van der Waals surface area contributed by atoms with E-state index in [1.165, 1.54) is 10.8 Å². The van der Waals surface area contributed by atoms with Crippen molar-refractivity contribution in [2.45, 2.75) is 19.4 Å². The Bertz CT molecular complexity index is 871. The number of carbonyl (C=O) groups excluding carboxylic acids is 1. The monoisotopic (exact) mass is 344 g/mol. The lowest BCUT2D eigenvalue weighted by Gasteiger charge is -2.44. The maximum Gasteiger partial charge on any atom is 0.338 e. The molecule has 1 aliphatic carbocycles. The first-order valence-corrected chi connectivity index (χ1v) is 8.16. The van der Waals surface area contributed by atoms with E-state index < -0.39 is 17.2 Å². The van der Waals surface area contributed by atoms with E-state index in [0.717, 1.165) is 0 Å². The number of esters is 1. The smallest absolute Gasteiger partial charge is 0.338 e. The fourth-order valence-electron chi connectivity index (χ4n) is 3.22. The number of aryl methyl sites for hydroxylation is 1. The summed E-state index contributed by atoms with van der Waals surface area (Å²) in [7, 11) is 0. The third-order valence-corrected chi connectivity index (χ3v) is 4.80. The Morgan fingerprint density at radius 3 is 2.72 bits per heavy atom. The topological polar surface area (TPSA) is 101 Å². The first kappa shape index (κ1) is 17.2. The molecule has 1 aromatic carbocycles. The molecule has 2 N–H and O–H groups in total. The molecular weight excluding hydrogens is 324 g/mol. The molecule has 7 nitrogen and oxygen atoms in total. The molecule has 0 spiro atoms.